The Kier molecular flexibility index (Phi) is 6.29. The average Bonchev–Trinajstić information content (AvgIpc) is 3.52. The lowest BCUT2D eigenvalue weighted by molar-refractivity contribution is 0.249. The number of amidine groups is 1. The second-order valence-corrected chi connectivity index (χ2v) is 9.43. The zero-order chi connectivity index (χ0) is 22.0. The first-order chi connectivity index (χ1) is 14.9. The van der Waals surface area contributed by atoms with Crippen molar-refractivity contribution in [1.82, 2.24) is 4.90 Å². The lowest BCUT2D eigenvalue weighted by Crippen LogP contribution is -2.37. The fourth-order valence-electron chi connectivity index (χ4n) is 4.57. The van der Waals surface area contributed by atoms with Crippen LogP contribution in [0.25, 0.3) is 5.70 Å². The van der Waals surface area contributed by atoms with Crippen molar-refractivity contribution in [2.75, 3.05) is 18.4 Å². The number of aliphatic imine (C=N–C) groups is 1. The van der Waals surface area contributed by atoms with Crippen LogP contribution in [0.4, 0.5) is 11.4 Å². The van der Waals surface area contributed by atoms with Gasteiger partial charge in [-0.25, -0.2) is 4.99 Å². The van der Waals surface area contributed by atoms with E-state index in [9.17, 15) is 0 Å². The topological polar surface area (TPSA) is 53.6 Å². The zero-order valence-electron chi connectivity index (χ0n) is 18.7. The number of hydrogen-bond donors (Lipinski definition) is 2. The maximum absolute atomic E-state index is 6.45. The third-order valence-corrected chi connectivity index (χ3v) is 7.10. The van der Waals surface area contributed by atoms with E-state index in [0.717, 1.165) is 47.8 Å². The normalized spacial score (nSPS) is 17.6. The second-order valence-electron chi connectivity index (χ2n) is 9.00. The Labute approximate surface area is 191 Å². The summed E-state index contributed by atoms with van der Waals surface area (Å²) in [5.41, 5.74) is 12.4. The van der Waals surface area contributed by atoms with Gasteiger partial charge in [-0.05, 0) is 73.8 Å². The predicted molar refractivity (Wildman–Crippen MR) is 133 cm³/mol. The molecule has 1 spiro atoms. The molecule has 0 bridgehead atoms. The number of para-hydroxylation sites is 1. The molecular weight excluding hydrogens is 404 g/mol. The van der Waals surface area contributed by atoms with Gasteiger partial charge in [-0.3, -0.25) is 0 Å². The number of nitrogens with one attached hydrogen (secondary N) is 1. The average molecular weight is 437 g/mol. The Balaban J connectivity index is 1.62. The van der Waals surface area contributed by atoms with Crippen LogP contribution in [0.5, 0.6) is 0 Å². The Morgan fingerprint density at radius 3 is 2.52 bits per heavy atom. The summed E-state index contributed by atoms with van der Waals surface area (Å²) >= 11 is 6.45. The summed E-state index contributed by atoms with van der Waals surface area (Å²) in [5.74, 6) is 1.04. The van der Waals surface area contributed by atoms with E-state index in [1.807, 2.05) is 12.1 Å². The number of likely N-dealkylation sites (tertiary alicyclic amines) is 1. The van der Waals surface area contributed by atoms with Crippen LogP contribution in [0.3, 0.4) is 0 Å². The fraction of sp³-hybridized carbons (Fsp3) is 0.423. The van der Waals surface area contributed by atoms with E-state index in [2.05, 4.69) is 54.9 Å². The molecule has 5 heteroatoms. The van der Waals surface area contributed by atoms with Crippen molar-refractivity contribution in [2.24, 2.45) is 16.1 Å². The molecule has 1 saturated heterocycles. The molecule has 3 N–H and O–H groups in total. The van der Waals surface area contributed by atoms with Crippen LogP contribution in [0, 0.1) is 5.41 Å². The molecule has 0 atom stereocenters. The molecular formula is C26H33ClN4. The first-order valence-corrected chi connectivity index (χ1v) is 11.7. The molecule has 1 aliphatic heterocycles. The minimum Gasteiger partial charge on any atom is -0.399 e. The van der Waals surface area contributed by atoms with Gasteiger partial charge in [-0.15, -0.1) is 0 Å². The van der Waals surface area contributed by atoms with Gasteiger partial charge in [0.1, 0.15) is 5.84 Å². The number of nitrogens with zero attached hydrogens (tertiary/aromatic N) is 2. The fourth-order valence-corrected chi connectivity index (χ4v) is 4.81. The summed E-state index contributed by atoms with van der Waals surface area (Å²) in [7, 11) is 0. The number of aryl methyl sites for hydroxylation is 1. The summed E-state index contributed by atoms with van der Waals surface area (Å²) < 4.78 is 0. The SMILES string of the molecule is C=C(N)c1cc(Cl)cc(CNc2ccccc2CC)c1N=C(C)N1CCC2(CC1)CC2. The highest BCUT2D eigenvalue weighted by Crippen LogP contribution is 2.53. The largest absolute Gasteiger partial charge is 0.399 e. The molecule has 0 amide bonds. The molecule has 1 heterocycles. The van der Waals surface area contributed by atoms with Crippen LogP contribution in [-0.2, 0) is 13.0 Å². The molecule has 2 aromatic carbocycles. The van der Waals surface area contributed by atoms with Gasteiger partial charge in [0.15, 0.2) is 0 Å². The van der Waals surface area contributed by atoms with Gasteiger partial charge < -0.3 is 16.0 Å². The monoisotopic (exact) mass is 436 g/mol. The number of hydrogen-bond acceptors (Lipinski definition) is 3. The molecule has 4 rings (SSSR count). The number of benzene rings is 2. The van der Waals surface area contributed by atoms with Crippen molar-refractivity contribution in [1.29, 1.82) is 0 Å². The van der Waals surface area contributed by atoms with Gasteiger partial charge in [-0.2, -0.15) is 0 Å². The maximum Gasteiger partial charge on any atom is 0.102 e. The van der Waals surface area contributed by atoms with Gasteiger partial charge in [0.05, 0.1) is 5.69 Å². The molecule has 31 heavy (non-hydrogen) atoms. The van der Waals surface area contributed by atoms with Gasteiger partial charge in [0.25, 0.3) is 0 Å². The van der Waals surface area contributed by atoms with Crippen LogP contribution in [0.15, 0.2) is 48.0 Å². The highest BCUT2D eigenvalue weighted by atomic mass is 35.5. The van der Waals surface area contributed by atoms with Crippen LogP contribution in [0.1, 0.15) is 56.2 Å². The highest BCUT2D eigenvalue weighted by molar-refractivity contribution is 6.31. The molecule has 1 saturated carbocycles. The molecule has 0 aromatic heterocycles. The van der Waals surface area contributed by atoms with Gasteiger partial charge >= 0.3 is 0 Å². The van der Waals surface area contributed by atoms with Crippen LogP contribution in [-0.4, -0.2) is 23.8 Å². The van der Waals surface area contributed by atoms with E-state index in [0.29, 0.717) is 22.7 Å². The summed E-state index contributed by atoms with van der Waals surface area (Å²) in [5, 5.41) is 4.22. The Morgan fingerprint density at radius 1 is 1.16 bits per heavy atom. The molecule has 0 unspecified atom stereocenters. The van der Waals surface area contributed by atoms with Crippen LogP contribution >= 0.6 is 11.6 Å². The third-order valence-electron chi connectivity index (χ3n) is 6.88. The number of anilines is 1. The molecule has 0 radical (unpaired) electrons. The number of piperidine rings is 1. The van der Waals surface area contributed by atoms with Crippen molar-refractivity contribution < 1.29 is 0 Å². The Bertz CT molecular complexity index is 996. The standard InChI is InChI=1S/C26H33ClN4/c1-4-20-7-5-6-8-24(20)29-17-21-15-22(27)16-23(18(2)28)25(21)30-19(3)31-13-11-26(9-10-26)12-14-31/h5-8,15-16,29H,2,4,9-14,17,28H2,1,3H3. The van der Waals surface area contributed by atoms with Crippen molar-refractivity contribution in [3.63, 3.8) is 0 Å². The smallest absolute Gasteiger partial charge is 0.102 e. The Hall–Kier alpha value is -2.46. The van der Waals surface area contributed by atoms with Gasteiger partial charge in [0.2, 0.25) is 0 Å². The van der Waals surface area contributed by atoms with E-state index < -0.39 is 0 Å². The molecule has 164 valence electrons. The second kappa shape index (κ2) is 8.96. The van der Waals surface area contributed by atoms with Crippen molar-refractivity contribution in [2.45, 2.75) is 52.5 Å². The third kappa shape index (κ3) is 4.90. The quantitative estimate of drug-likeness (QED) is 0.408. The lowest BCUT2D eigenvalue weighted by atomic mass is 9.94. The predicted octanol–water partition coefficient (Wildman–Crippen LogP) is 6.37. The maximum atomic E-state index is 6.45. The molecule has 2 aliphatic rings. The summed E-state index contributed by atoms with van der Waals surface area (Å²) in [4.78, 5) is 7.48. The van der Waals surface area contributed by atoms with Crippen molar-refractivity contribution in [3.8, 4) is 0 Å². The van der Waals surface area contributed by atoms with Gasteiger partial charge in [0, 0.05) is 41.6 Å². The van der Waals surface area contributed by atoms with E-state index in [-0.39, 0.29) is 0 Å². The van der Waals surface area contributed by atoms with E-state index in [1.165, 1.54) is 31.2 Å². The Morgan fingerprint density at radius 2 is 1.87 bits per heavy atom. The molecule has 1 aliphatic carbocycles. The van der Waals surface area contributed by atoms with Gasteiger partial charge in [-0.1, -0.05) is 43.3 Å². The minimum absolute atomic E-state index is 0.486. The molecule has 2 fully saturated rings. The van der Waals surface area contributed by atoms with Crippen LogP contribution in [0.2, 0.25) is 5.02 Å². The molecule has 2 aromatic rings. The molecule has 4 nitrogen and oxygen atoms in total. The minimum atomic E-state index is 0.486. The lowest BCUT2D eigenvalue weighted by Gasteiger charge is -2.33. The number of rotatable bonds is 6. The van der Waals surface area contributed by atoms with Crippen molar-refractivity contribution in [3.05, 3.63) is 64.7 Å². The summed E-state index contributed by atoms with van der Waals surface area (Å²) in [6.45, 7) is 11.0. The van der Waals surface area contributed by atoms with E-state index >= 15 is 0 Å². The highest BCUT2D eigenvalue weighted by Gasteiger charge is 2.44. The van der Waals surface area contributed by atoms with Crippen molar-refractivity contribution >= 4 is 34.5 Å². The summed E-state index contributed by atoms with van der Waals surface area (Å²) in [6, 6.07) is 12.2. The first kappa shape index (κ1) is 21.8. The van der Waals surface area contributed by atoms with E-state index in [4.69, 9.17) is 22.3 Å². The van der Waals surface area contributed by atoms with E-state index in [1.54, 1.807) is 0 Å². The number of halogens is 1. The number of nitrogens with two attached hydrogens (primary N) is 1. The first-order valence-electron chi connectivity index (χ1n) is 11.3. The van der Waals surface area contributed by atoms with Crippen LogP contribution < -0.4 is 11.1 Å². The summed E-state index contributed by atoms with van der Waals surface area (Å²) in [6.07, 6.45) is 6.34. The zero-order valence-corrected chi connectivity index (χ0v) is 19.4.